The fourth-order valence-corrected chi connectivity index (χ4v) is 3.00. The van der Waals surface area contributed by atoms with Gasteiger partial charge in [0.25, 0.3) is 0 Å². The van der Waals surface area contributed by atoms with Crippen LogP contribution >= 0.6 is 15.2 Å². The first-order valence-corrected chi connectivity index (χ1v) is 7.09. The monoisotopic (exact) mass is 262 g/mol. The number of hydrogen-bond donors (Lipinski definition) is 4. The molecule has 90 valence electrons. The lowest BCUT2D eigenvalue weighted by Crippen LogP contribution is -2.23. The van der Waals surface area contributed by atoms with Crippen molar-refractivity contribution < 1.29 is 33.1 Å². The van der Waals surface area contributed by atoms with Gasteiger partial charge in [0.1, 0.15) is 0 Å². The van der Waals surface area contributed by atoms with Crippen molar-refractivity contribution in [1.29, 1.82) is 0 Å². The zero-order valence-electron chi connectivity index (χ0n) is 8.00. The highest BCUT2D eigenvalue weighted by Gasteiger charge is 2.61. The smallest absolute Gasteiger partial charge is 0.322 e. The number of rotatable bonds is 5. The summed E-state index contributed by atoms with van der Waals surface area (Å²) in [6.07, 6.45) is -1.18. The van der Waals surface area contributed by atoms with Gasteiger partial charge < -0.3 is 19.6 Å². The van der Waals surface area contributed by atoms with Gasteiger partial charge in [-0.05, 0) is 13.3 Å². The average Bonchev–Trinajstić information content (AvgIpc) is 1.95. The van der Waals surface area contributed by atoms with Crippen LogP contribution in [0.4, 0.5) is 4.39 Å². The van der Waals surface area contributed by atoms with Gasteiger partial charge in [-0.15, -0.1) is 6.58 Å². The largest absolute Gasteiger partial charge is 0.375 e. The van der Waals surface area contributed by atoms with Crippen molar-refractivity contribution in [3.05, 3.63) is 12.2 Å². The van der Waals surface area contributed by atoms with Gasteiger partial charge >= 0.3 is 20.3 Å². The predicted octanol–water partition coefficient (Wildman–Crippen LogP) is 1.32. The fourth-order valence-electron chi connectivity index (χ4n) is 0.833. The molecule has 4 N–H and O–H groups in total. The Bertz CT molecular complexity index is 320. The fraction of sp³-hybridized carbons (Fsp3) is 0.667. The van der Waals surface area contributed by atoms with E-state index in [1.807, 2.05) is 0 Å². The van der Waals surface area contributed by atoms with Crippen molar-refractivity contribution in [1.82, 2.24) is 0 Å². The van der Waals surface area contributed by atoms with E-state index in [0.29, 0.717) is 5.57 Å². The summed E-state index contributed by atoms with van der Waals surface area (Å²) >= 11 is 0. The van der Waals surface area contributed by atoms with Gasteiger partial charge in [0.05, 0.1) is 0 Å². The SMILES string of the molecule is C=C(C)CCC(F)(P(=O)(O)O)P(=O)(O)O. The minimum atomic E-state index is -5.54. The maximum Gasteiger partial charge on any atom is 0.375 e. The molecular formula is C6H13FO6P2. The second kappa shape index (κ2) is 4.45. The van der Waals surface area contributed by atoms with E-state index in [0.717, 1.165) is 0 Å². The summed E-state index contributed by atoms with van der Waals surface area (Å²) < 4.78 is 35.0. The Labute approximate surface area is 86.1 Å². The maximum absolute atomic E-state index is 13.6. The maximum atomic E-state index is 13.6. The van der Waals surface area contributed by atoms with Crippen molar-refractivity contribution in [3.63, 3.8) is 0 Å². The molecule has 0 heterocycles. The molecule has 0 atom stereocenters. The molecule has 15 heavy (non-hydrogen) atoms. The molecule has 9 heteroatoms. The third kappa shape index (κ3) is 3.48. The molecular weight excluding hydrogens is 249 g/mol. The highest BCUT2D eigenvalue weighted by molar-refractivity contribution is 7.72. The van der Waals surface area contributed by atoms with E-state index in [9.17, 15) is 13.5 Å². The highest BCUT2D eigenvalue weighted by atomic mass is 31.2. The zero-order valence-corrected chi connectivity index (χ0v) is 9.79. The van der Waals surface area contributed by atoms with Crippen LogP contribution in [0.1, 0.15) is 19.8 Å². The number of allylic oxidation sites excluding steroid dienone is 1. The van der Waals surface area contributed by atoms with Crippen LogP contribution in [0.3, 0.4) is 0 Å². The Kier molecular flexibility index (Phi) is 4.45. The first kappa shape index (κ1) is 15.0. The van der Waals surface area contributed by atoms with Gasteiger partial charge in [-0.2, -0.15) is 0 Å². The van der Waals surface area contributed by atoms with Gasteiger partial charge in [-0.1, -0.05) is 5.57 Å². The first-order valence-electron chi connectivity index (χ1n) is 3.86. The van der Waals surface area contributed by atoms with Crippen molar-refractivity contribution in [2.24, 2.45) is 0 Å². The number of hydrogen-bond acceptors (Lipinski definition) is 2. The molecule has 0 saturated carbocycles. The predicted molar refractivity (Wildman–Crippen MR) is 52.0 cm³/mol. The summed E-state index contributed by atoms with van der Waals surface area (Å²) in [7, 11) is -11.1. The van der Waals surface area contributed by atoms with Crippen molar-refractivity contribution >= 4 is 15.2 Å². The zero-order chi connectivity index (χ0) is 12.5. The average molecular weight is 262 g/mol. The molecule has 0 aromatic carbocycles. The van der Waals surface area contributed by atoms with Crippen molar-refractivity contribution in [2.45, 2.75) is 24.9 Å². The lowest BCUT2D eigenvalue weighted by atomic mass is 10.2. The Morgan fingerprint density at radius 2 is 1.60 bits per heavy atom. The summed E-state index contributed by atoms with van der Waals surface area (Å²) in [5, 5.41) is -3.82. The van der Waals surface area contributed by atoms with Gasteiger partial charge in [0, 0.05) is 6.42 Å². The Balaban J connectivity index is 5.16. The summed E-state index contributed by atoms with van der Waals surface area (Å²) in [5.41, 5.74) is 0.374. The van der Waals surface area contributed by atoms with Gasteiger partial charge in [-0.3, -0.25) is 9.13 Å². The second-order valence-corrected chi connectivity index (χ2v) is 7.21. The normalized spacial score (nSPS) is 14.0. The summed E-state index contributed by atoms with van der Waals surface area (Å²) in [6.45, 7) is 4.81. The van der Waals surface area contributed by atoms with E-state index in [2.05, 4.69) is 6.58 Å². The Morgan fingerprint density at radius 3 is 1.80 bits per heavy atom. The van der Waals surface area contributed by atoms with E-state index in [-0.39, 0.29) is 6.42 Å². The first-order chi connectivity index (χ1) is 6.42. The molecule has 0 saturated heterocycles. The second-order valence-electron chi connectivity index (χ2n) is 3.26. The molecule has 0 bridgehead atoms. The molecule has 0 aliphatic rings. The molecule has 0 aromatic heterocycles. The minimum absolute atomic E-state index is 0.216. The number of halogens is 1. The topological polar surface area (TPSA) is 115 Å². The van der Waals surface area contributed by atoms with Crippen LogP contribution in [-0.2, 0) is 9.13 Å². The van der Waals surface area contributed by atoms with E-state index >= 15 is 0 Å². The van der Waals surface area contributed by atoms with Crippen molar-refractivity contribution in [3.8, 4) is 0 Å². The van der Waals surface area contributed by atoms with Crippen LogP contribution in [0, 0.1) is 0 Å². The van der Waals surface area contributed by atoms with E-state index < -0.39 is 26.8 Å². The Hall–Kier alpha value is -0.0300. The molecule has 0 spiro atoms. The van der Waals surface area contributed by atoms with Crippen LogP contribution in [0.5, 0.6) is 0 Å². The molecule has 6 nitrogen and oxygen atoms in total. The van der Waals surface area contributed by atoms with Crippen LogP contribution in [-0.4, -0.2) is 24.7 Å². The van der Waals surface area contributed by atoms with Crippen LogP contribution in [0.25, 0.3) is 0 Å². The Morgan fingerprint density at radius 1 is 1.27 bits per heavy atom. The van der Waals surface area contributed by atoms with E-state index in [4.69, 9.17) is 19.6 Å². The third-order valence-corrected chi connectivity index (χ3v) is 5.56. The van der Waals surface area contributed by atoms with Gasteiger partial charge in [0.15, 0.2) is 0 Å². The molecule has 0 amide bonds. The summed E-state index contributed by atoms with van der Waals surface area (Å²) in [4.78, 5) is 34.4. The highest BCUT2D eigenvalue weighted by Crippen LogP contribution is 2.71. The van der Waals surface area contributed by atoms with Crippen LogP contribution in [0.15, 0.2) is 12.2 Å². The molecule has 0 aliphatic carbocycles. The van der Waals surface area contributed by atoms with Crippen molar-refractivity contribution in [2.75, 3.05) is 0 Å². The molecule has 0 aromatic rings. The van der Waals surface area contributed by atoms with Crippen LogP contribution < -0.4 is 0 Å². The number of alkyl halides is 1. The van der Waals surface area contributed by atoms with E-state index in [1.165, 1.54) is 6.92 Å². The molecule has 0 unspecified atom stereocenters. The standard InChI is InChI=1S/C6H13FO6P2/c1-5(2)3-4-6(7,14(8,9)10)15(11,12)13/h1,3-4H2,2H3,(H2,8,9,10)(H2,11,12,13). The quantitative estimate of drug-likeness (QED) is 0.438. The molecule has 0 aliphatic heterocycles. The molecule has 0 radical (unpaired) electrons. The van der Waals surface area contributed by atoms with E-state index in [1.54, 1.807) is 0 Å². The lowest BCUT2D eigenvalue weighted by molar-refractivity contribution is 0.214. The molecule has 0 fully saturated rings. The summed E-state index contributed by atoms with van der Waals surface area (Å²) in [5.74, 6) is 0. The lowest BCUT2D eigenvalue weighted by Gasteiger charge is -2.26. The third-order valence-electron chi connectivity index (χ3n) is 1.76. The van der Waals surface area contributed by atoms with Gasteiger partial charge in [-0.25, -0.2) is 4.39 Å². The van der Waals surface area contributed by atoms with Gasteiger partial charge in [0.2, 0.25) is 0 Å². The molecule has 0 rings (SSSR count). The summed E-state index contributed by atoms with van der Waals surface area (Å²) in [6, 6.07) is 0. The van der Waals surface area contributed by atoms with Crippen LogP contribution in [0.2, 0.25) is 0 Å². The minimum Gasteiger partial charge on any atom is -0.322 e.